The number of amides is 1. The fourth-order valence-electron chi connectivity index (χ4n) is 1.74. The SMILES string of the molecule is CC(=O)CC(=O)N1CCSc2ccccc21. The third-order valence-corrected chi connectivity index (χ3v) is 3.47. The normalized spacial score (nSPS) is 14.4. The van der Waals surface area contributed by atoms with Gasteiger partial charge in [0, 0.05) is 17.2 Å². The van der Waals surface area contributed by atoms with Gasteiger partial charge in [-0.15, -0.1) is 11.8 Å². The second-order valence-corrected chi connectivity index (χ2v) is 4.88. The van der Waals surface area contributed by atoms with E-state index in [1.807, 2.05) is 24.3 Å². The zero-order valence-electron chi connectivity index (χ0n) is 9.10. The topological polar surface area (TPSA) is 37.4 Å². The highest BCUT2D eigenvalue weighted by Gasteiger charge is 2.22. The van der Waals surface area contributed by atoms with E-state index in [4.69, 9.17) is 0 Å². The molecule has 0 aromatic heterocycles. The van der Waals surface area contributed by atoms with E-state index in [1.54, 1.807) is 16.7 Å². The minimum Gasteiger partial charge on any atom is -0.310 e. The van der Waals surface area contributed by atoms with Crippen LogP contribution in [0.3, 0.4) is 0 Å². The van der Waals surface area contributed by atoms with Crippen molar-refractivity contribution in [3.8, 4) is 0 Å². The molecule has 1 aromatic rings. The molecule has 3 nitrogen and oxygen atoms in total. The van der Waals surface area contributed by atoms with Crippen LogP contribution < -0.4 is 4.90 Å². The lowest BCUT2D eigenvalue weighted by molar-refractivity contribution is -0.125. The molecule has 0 spiro atoms. The van der Waals surface area contributed by atoms with Crippen LogP contribution in [-0.4, -0.2) is 24.0 Å². The molecular formula is C12H13NO2S. The quantitative estimate of drug-likeness (QED) is 0.737. The van der Waals surface area contributed by atoms with Gasteiger partial charge in [0.05, 0.1) is 12.1 Å². The van der Waals surface area contributed by atoms with E-state index in [-0.39, 0.29) is 18.1 Å². The number of hydrogen-bond acceptors (Lipinski definition) is 3. The van der Waals surface area contributed by atoms with E-state index in [2.05, 4.69) is 0 Å². The molecule has 1 aromatic carbocycles. The Kier molecular flexibility index (Phi) is 3.29. The van der Waals surface area contributed by atoms with Crippen LogP contribution in [-0.2, 0) is 9.59 Å². The first-order valence-corrected chi connectivity index (χ1v) is 6.18. The summed E-state index contributed by atoms with van der Waals surface area (Å²) in [6, 6.07) is 7.82. The number of fused-ring (bicyclic) bond motifs is 1. The molecule has 0 saturated heterocycles. The number of thioether (sulfide) groups is 1. The van der Waals surface area contributed by atoms with Gasteiger partial charge in [-0.1, -0.05) is 12.1 Å². The Labute approximate surface area is 98.8 Å². The predicted molar refractivity (Wildman–Crippen MR) is 64.8 cm³/mol. The second-order valence-electron chi connectivity index (χ2n) is 3.74. The third kappa shape index (κ3) is 2.27. The van der Waals surface area contributed by atoms with Gasteiger partial charge in [-0.05, 0) is 19.1 Å². The number of rotatable bonds is 2. The molecule has 0 aliphatic carbocycles. The minimum atomic E-state index is -0.0970. The summed E-state index contributed by atoms with van der Waals surface area (Å²) in [5.41, 5.74) is 0.935. The van der Waals surface area contributed by atoms with E-state index >= 15 is 0 Å². The molecule has 0 fully saturated rings. The maximum absolute atomic E-state index is 11.9. The predicted octanol–water partition coefficient (Wildman–Crippen LogP) is 2.10. The standard InChI is InChI=1S/C12H13NO2S/c1-9(14)8-12(15)13-6-7-16-11-5-3-2-4-10(11)13/h2-5H,6-8H2,1H3. The summed E-state index contributed by atoms with van der Waals surface area (Å²) in [6.45, 7) is 2.14. The van der Waals surface area contributed by atoms with Crippen LogP contribution in [0.5, 0.6) is 0 Å². The maximum atomic E-state index is 11.9. The van der Waals surface area contributed by atoms with Crippen LogP contribution in [0.1, 0.15) is 13.3 Å². The maximum Gasteiger partial charge on any atom is 0.234 e. The summed E-state index contributed by atoms with van der Waals surface area (Å²) in [4.78, 5) is 25.7. The third-order valence-electron chi connectivity index (χ3n) is 2.43. The van der Waals surface area contributed by atoms with Gasteiger partial charge in [0.25, 0.3) is 0 Å². The van der Waals surface area contributed by atoms with Crippen molar-refractivity contribution in [1.29, 1.82) is 0 Å². The highest BCUT2D eigenvalue weighted by Crippen LogP contribution is 2.34. The highest BCUT2D eigenvalue weighted by atomic mass is 32.2. The van der Waals surface area contributed by atoms with Crippen molar-refractivity contribution in [1.82, 2.24) is 0 Å². The van der Waals surface area contributed by atoms with Crippen LogP contribution >= 0.6 is 11.8 Å². The van der Waals surface area contributed by atoms with Crippen molar-refractivity contribution >= 4 is 29.1 Å². The highest BCUT2D eigenvalue weighted by molar-refractivity contribution is 7.99. The zero-order chi connectivity index (χ0) is 11.5. The minimum absolute atomic E-state index is 0.000991. The first-order valence-electron chi connectivity index (χ1n) is 5.20. The van der Waals surface area contributed by atoms with Crippen molar-refractivity contribution < 1.29 is 9.59 Å². The van der Waals surface area contributed by atoms with E-state index in [0.717, 1.165) is 16.3 Å². The average molecular weight is 235 g/mol. The number of nitrogens with zero attached hydrogens (tertiary/aromatic N) is 1. The summed E-state index contributed by atoms with van der Waals surface area (Å²) >= 11 is 1.75. The Bertz CT molecular complexity index is 431. The molecule has 0 bridgehead atoms. The fraction of sp³-hybridized carbons (Fsp3) is 0.333. The number of hydrogen-bond donors (Lipinski definition) is 0. The van der Waals surface area contributed by atoms with Crippen LogP contribution in [0.15, 0.2) is 29.2 Å². The molecule has 2 rings (SSSR count). The lowest BCUT2D eigenvalue weighted by atomic mass is 10.2. The van der Waals surface area contributed by atoms with Crippen LogP contribution in [0.2, 0.25) is 0 Å². The number of ketones is 1. The number of anilines is 1. The lowest BCUT2D eigenvalue weighted by Gasteiger charge is -2.28. The Balaban J connectivity index is 2.24. The summed E-state index contributed by atoms with van der Waals surface area (Å²) < 4.78 is 0. The van der Waals surface area contributed by atoms with Crippen molar-refractivity contribution in [3.05, 3.63) is 24.3 Å². The summed E-state index contributed by atoms with van der Waals surface area (Å²) in [7, 11) is 0. The van der Waals surface area contributed by atoms with Gasteiger partial charge in [-0.25, -0.2) is 0 Å². The Morgan fingerprint density at radius 3 is 2.88 bits per heavy atom. The fourth-order valence-corrected chi connectivity index (χ4v) is 2.73. The molecule has 16 heavy (non-hydrogen) atoms. The van der Waals surface area contributed by atoms with Gasteiger partial charge in [-0.3, -0.25) is 9.59 Å². The number of benzene rings is 1. The summed E-state index contributed by atoms with van der Waals surface area (Å²) in [6.07, 6.45) is -0.000991. The Morgan fingerprint density at radius 2 is 2.12 bits per heavy atom. The summed E-state index contributed by atoms with van der Waals surface area (Å²) in [5.74, 6) is 0.710. The van der Waals surface area contributed by atoms with Gasteiger partial charge in [-0.2, -0.15) is 0 Å². The van der Waals surface area contributed by atoms with Crippen LogP contribution in [0.4, 0.5) is 5.69 Å². The molecule has 0 radical (unpaired) electrons. The van der Waals surface area contributed by atoms with Gasteiger partial charge < -0.3 is 4.90 Å². The average Bonchev–Trinajstić information content (AvgIpc) is 2.27. The number of para-hydroxylation sites is 1. The molecule has 84 valence electrons. The first kappa shape index (κ1) is 11.2. The first-order chi connectivity index (χ1) is 7.68. The Morgan fingerprint density at radius 1 is 1.38 bits per heavy atom. The van der Waals surface area contributed by atoms with E-state index < -0.39 is 0 Å². The van der Waals surface area contributed by atoms with E-state index in [1.165, 1.54) is 6.92 Å². The van der Waals surface area contributed by atoms with E-state index in [0.29, 0.717) is 6.54 Å². The molecule has 0 unspecified atom stereocenters. The molecule has 1 aliphatic rings. The van der Waals surface area contributed by atoms with Gasteiger partial charge >= 0.3 is 0 Å². The van der Waals surface area contributed by atoms with Crippen molar-refractivity contribution in [3.63, 3.8) is 0 Å². The zero-order valence-corrected chi connectivity index (χ0v) is 9.92. The van der Waals surface area contributed by atoms with Gasteiger partial charge in [0.1, 0.15) is 5.78 Å². The van der Waals surface area contributed by atoms with Gasteiger partial charge in [0.2, 0.25) is 5.91 Å². The molecule has 1 heterocycles. The largest absolute Gasteiger partial charge is 0.310 e. The Hall–Kier alpha value is -1.29. The molecular weight excluding hydrogens is 222 g/mol. The summed E-state index contributed by atoms with van der Waals surface area (Å²) in [5, 5.41) is 0. The second kappa shape index (κ2) is 4.70. The molecule has 1 aliphatic heterocycles. The molecule has 0 saturated carbocycles. The monoisotopic (exact) mass is 235 g/mol. The lowest BCUT2D eigenvalue weighted by Crippen LogP contribution is -2.36. The van der Waals surface area contributed by atoms with E-state index in [9.17, 15) is 9.59 Å². The van der Waals surface area contributed by atoms with Crippen LogP contribution in [0.25, 0.3) is 0 Å². The van der Waals surface area contributed by atoms with Gasteiger partial charge in [0.15, 0.2) is 0 Å². The molecule has 1 amide bonds. The molecule has 0 N–H and O–H groups in total. The molecule has 0 atom stereocenters. The smallest absolute Gasteiger partial charge is 0.234 e. The molecule has 4 heteroatoms. The van der Waals surface area contributed by atoms with Crippen molar-refractivity contribution in [2.75, 3.05) is 17.2 Å². The van der Waals surface area contributed by atoms with Crippen LogP contribution in [0, 0.1) is 0 Å². The van der Waals surface area contributed by atoms with Crippen molar-refractivity contribution in [2.45, 2.75) is 18.2 Å². The number of Topliss-reactive ketones (excluding diaryl/α,β-unsaturated/α-hetero) is 1. The number of carbonyl (C=O) groups excluding carboxylic acids is 2. The number of carbonyl (C=O) groups is 2. The van der Waals surface area contributed by atoms with Crippen molar-refractivity contribution in [2.24, 2.45) is 0 Å².